The molecule has 0 aromatic rings. The number of nitrogens with one attached hydrogen (secondary N) is 1. The van der Waals surface area contributed by atoms with E-state index in [0.717, 1.165) is 26.1 Å². The Morgan fingerprint density at radius 2 is 2.09 bits per heavy atom. The van der Waals surface area contributed by atoms with E-state index in [-0.39, 0.29) is 0 Å². The molecule has 0 aromatic carbocycles. The van der Waals surface area contributed by atoms with Crippen LogP contribution in [-0.2, 0) is 0 Å². The summed E-state index contributed by atoms with van der Waals surface area (Å²) in [7, 11) is 0. The van der Waals surface area contributed by atoms with Crippen molar-refractivity contribution in [1.29, 1.82) is 0 Å². The minimum atomic E-state index is 0.567. The first kappa shape index (κ1) is 10.9. The Labute approximate surface area is 69.9 Å². The lowest BCUT2D eigenvalue weighted by Gasteiger charge is -2.25. The van der Waals surface area contributed by atoms with Crippen LogP contribution in [-0.4, -0.2) is 30.7 Å². The molecule has 0 bridgehead atoms. The molecule has 0 aliphatic carbocycles. The Hall–Kier alpha value is -0.120. The minimum Gasteiger partial charge on any atom is -0.330 e. The second-order valence-corrected chi connectivity index (χ2v) is 2.93. The summed E-state index contributed by atoms with van der Waals surface area (Å²) < 4.78 is 0. The van der Waals surface area contributed by atoms with Crippen molar-refractivity contribution in [1.82, 2.24) is 10.4 Å². The van der Waals surface area contributed by atoms with Gasteiger partial charge >= 0.3 is 0 Å². The van der Waals surface area contributed by atoms with Gasteiger partial charge in [-0.3, -0.25) is 5.43 Å². The van der Waals surface area contributed by atoms with E-state index in [9.17, 15) is 0 Å². The molecule has 0 spiro atoms. The molecule has 3 N–H and O–H groups in total. The van der Waals surface area contributed by atoms with E-state index in [1.165, 1.54) is 0 Å². The van der Waals surface area contributed by atoms with Gasteiger partial charge in [0, 0.05) is 19.1 Å². The fourth-order valence-electron chi connectivity index (χ4n) is 0.984. The molecule has 68 valence electrons. The van der Waals surface area contributed by atoms with Gasteiger partial charge in [0.15, 0.2) is 0 Å². The smallest absolute Gasteiger partial charge is 0.0186 e. The van der Waals surface area contributed by atoms with Gasteiger partial charge < -0.3 is 5.73 Å². The molecule has 0 saturated heterocycles. The highest BCUT2D eigenvalue weighted by Gasteiger charge is 2.03. The van der Waals surface area contributed by atoms with Crippen LogP contribution < -0.4 is 11.2 Å². The first-order valence-electron chi connectivity index (χ1n) is 4.42. The fraction of sp³-hybridized carbons (Fsp3) is 1.00. The van der Waals surface area contributed by atoms with Gasteiger partial charge in [-0.15, -0.1) is 0 Å². The van der Waals surface area contributed by atoms with E-state index in [1.807, 2.05) is 0 Å². The Bertz CT molecular complexity index is 83.4. The number of hydrazine groups is 1. The summed E-state index contributed by atoms with van der Waals surface area (Å²) in [5, 5.41) is 2.22. The predicted molar refractivity (Wildman–Crippen MR) is 49.2 cm³/mol. The molecule has 0 saturated carbocycles. The molecule has 0 fully saturated rings. The highest BCUT2D eigenvalue weighted by atomic mass is 15.5. The molecule has 0 aromatic heterocycles. The second kappa shape index (κ2) is 6.58. The maximum absolute atomic E-state index is 5.37. The number of hydrogen-bond acceptors (Lipinski definition) is 3. The summed E-state index contributed by atoms with van der Waals surface area (Å²) >= 11 is 0. The van der Waals surface area contributed by atoms with Gasteiger partial charge in [0.25, 0.3) is 0 Å². The lowest BCUT2D eigenvalue weighted by molar-refractivity contribution is 0.152. The van der Waals surface area contributed by atoms with Crippen LogP contribution in [0.25, 0.3) is 0 Å². The van der Waals surface area contributed by atoms with E-state index in [4.69, 9.17) is 5.73 Å². The largest absolute Gasteiger partial charge is 0.330 e. The molecule has 3 heteroatoms. The molecule has 0 radical (unpaired) electrons. The van der Waals surface area contributed by atoms with E-state index in [2.05, 4.69) is 31.2 Å². The number of nitrogens with two attached hydrogens (primary N) is 1. The van der Waals surface area contributed by atoms with Crippen molar-refractivity contribution in [3.05, 3.63) is 0 Å². The standard InChI is InChI=1S/C8H21N3/c1-4-11(8(2)3)10-7-5-6-9/h8,10H,4-7,9H2,1-3H3. The van der Waals surface area contributed by atoms with Gasteiger partial charge in [0.05, 0.1) is 0 Å². The zero-order chi connectivity index (χ0) is 8.69. The third kappa shape index (κ3) is 5.18. The van der Waals surface area contributed by atoms with Gasteiger partial charge in [-0.05, 0) is 26.8 Å². The van der Waals surface area contributed by atoms with Gasteiger partial charge in [0.1, 0.15) is 0 Å². The predicted octanol–water partition coefficient (Wildman–Crippen LogP) is 0.570. The molecular formula is C8H21N3. The molecular weight excluding hydrogens is 138 g/mol. The monoisotopic (exact) mass is 159 g/mol. The molecule has 0 rings (SSSR count). The average Bonchev–Trinajstić information content (AvgIpc) is 1.97. The molecule has 0 atom stereocenters. The molecule has 3 nitrogen and oxygen atoms in total. The summed E-state index contributed by atoms with van der Waals surface area (Å²) in [6.45, 7) is 9.31. The summed E-state index contributed by atoms with van der Waals surface area (Å²) in [6, 6.07) is 0.567. The van der Waals surface area contributed by atoms with Crippen molar-refractivity contribution in [2.75, 3.05) is 19.6 Å². The fourth-order valence-corrected chi connectivity index (χ4v) is 0.984. The van der Waals surface area contributed by atoms with Crippen molar-refractivity contribution in [2.24, 2.45) is 5.73 Å². The van der Waals surface area contributed by atoms with Crippen LogP contribution in [0.5, 0.6) is 0 Å². The normalized spacial score (nSPS) is 11.5. The van der Waals surface area contributed by atoms with Gasteiger partial charge in [-0.2, -0.15) is 0 Å². The van der Waals surface area contributed by atoms with Crippen LogP contribution in [0.2, 0.25) is 0 Å². The average molecular weight is 159 g/mol. The van der Waals surface area contributed by atoms with Crippen LogP contribution in [0.15, 0.2) is 0 Å². The Morgan fingerprint density at radius 3 is 2.45 bits per heavy atom. The van der Waals surface area contributed by atoms with Gasteiger partial charge in [0.2, 0.25) is 0 Å². The summed E-state index contributed by atoms with van der Waals surface area (Å²) in [5.74, 6) is 0. The molecule has 0 aliphatic rings. The van der Waals surface area contributed by atoms with Crippen LogP contribution in [0.3, 0.4) is 0 Å². The first-order chi connectivity index (χ1) is 5.22. The zero-order valence-corrected chi connectivity index (χ0v) is 7.93. The van der Waals surface area contributed by atoms with E-state index in [0.29, 0.717) is 6.04 Å². The van der Waals surface area contributed by atoms with Crippen molar-refractivity contribution in [2.45, 2.75) is 33.2 Å². The van der Waals surface area contributed by atoms with Crippen LogP contribution in [0.4, 0.5) is 0 Å². The summed E-state index contributed by atoms with van der Waals surface area (Å²) in [4.78, 5) is 0. The first-order valence-corrected chi connectivity index (χ1v) is 4.42. The van der Waals surface area contributed by atoms with Crippen molar-refractivity contribution in [3.8, 4) is 0 Å². The number of nitrogens with zero attached hydrogens (tertiary/aromatic N) is 1. The third-order valence-corrected chi connectivity index (χ3v) is 1.66. The van der Waals surface area contributed by atoms with Crippen LogP contribution in [0, 0.1) is 0 Å². The Kier molecular flexibility index (Phi) is 6.51. The number of rotatable bonds is 6. The molecule has 0 amide bonds. The summed E-state index contributed by atoms with van der Waals surface area (Å²) in [6.07, 6.45) is 1.04. The topological polar surface area (TPSA) is 41.3 Å². The molecule has 11 heavy (non-hydrogen) atoms. The highest BCUT2D eigenvalue weighted by Crippen LogP contribution is 1.91. The van der Waals surface area contributed by atoms with Crippen molar-refractivity contribution >= 4 is 0 Å². The lowest BCUT2D eigenvalue weighted by atomic mass is 10.4. The van der Waals surface area contributed by atoms with Gasteiger partial charge in [-0.25, -0.2) is 5.01 Å². The van der Waals surface area contributed by atoms with E-state index < -0.39 is 0 Å². The SMILES string of the molecule is CCN(NCCCN)C(C)C. The van der Waals surface area contributed by atoms with E-state index in [1.54, 1.807) is 0 Å². The molecule has 0 aliphatic heterocycles. The van der Waals surface area contributed by atoms with Gasteiger partial charge in [-0.1, -0.05) is 6.92 Å². The zero-order valence-electron chi connectivity index (χ0n) is 7.93. The van der Waals surface area contributed by atoms with E-state index >= 15 is 0 Å². The summed E-state index contributed by atoms with van der Waals surface area (Å²) in [5.41, 5.74) is 8.70. The lowest BCUT2D eigenvalue weighted by Crippen LogP contribution is -2.43. The third-order valence-electron chi connectivity index (χ3n) is 1.66. The Morgan fingerprint density at radius 1 is 1.45 bits per heavy atom. The highest BCUT2D eigenvalue weighted by molar-refractivity contribution is 4.55. The molecule has 0 unspecified atom stereocenters. The van der Waals surface area contributed by atoms with Crippen molar-refractivity contribution in [3.63, 3.8) is 0 Å². The number of hydrogen-bond donors (Lipinski definition) is 2. The maximum Gasteiger partial charge on any atom is 0.0186 e. The van der Waals surface area contributed by atoms with Crippen LogP contribution in [0.1, 0.15) is 27.2 Å². The quantitative estimate of drug-likeness (QED) is 0.440. The van der Waals surface area contributed by atoms with Crippen LogP contribution >= 0.6 is 0 Å². The minimum absolute atomic E-state index is 0.567. The maximum atomic E-state index is 5.37. The molecule has 0 heterocycles. The second-order valence-electron chi connectivity index (χ2n) is 2.93. The van der Waals surface area contributed by atoms with Crippen molar-refractivity contribution < 1.29 is 0 Å². The Balaban J connectivity index is 3.36.